The number of rotatable bonds is 19. The van der Waals surface area contributed by atoms with Crippen molar-refractivity contribution >= 4 is 23.5 Å². The number of aromatic nitrogens is 1. The van der Waals surface area contributed by atoms with Gasteiger partial charge in [0, 0.05) is 31.4 Å². The summed E-state index contributed by atoms with van der Waals surface area (Å²) in [5, 5.41) is 20.7. The molecule has 2 aliphatic rings. The van der Waals surface area contributed by atoms with Gasteiger partial charge in [0.25, 0.3) is 11.5 Å². The van der Waals surface area contributed by atoms with Crippen molar-refractivity contribution in [2.24, 2.45) is 34.8 Å². The molecule has 1 saturated carbocycles. The minimum Gasteiger partial charge on any atom is -0.376 e. The molecule has 1 aliphatic carbocycles. The van der Waals surface area contributed by atoms with Crippen molar-refractivity contribution in [2.45, 2.75) is 137 Å². The number of likely N-dealkylation sites (tertiary alicyclic amines) is 1. The summed E-state index contributed by atoms with van der Waals surface area (Å²) in [6, 6.07) is 2.29. The first-order chi connectivity index (χ1) is 23.0. The Balaban J connectivity index is 1.72. The number of carbonyl (C=O) groups is 4. The number of amides is 3. The molecule has 276 valence electrons. The van der Waals surface area contributed by atoms with Crippen LogP contribution in [-0.4, -0.2) is 81.6 Å². The zero-order chi connectivity index (χ0) is 36.5. The highest BCUT2D eigenvalue weighted by molar-refractivity contribution is 6.37. The van der Waals surface area contributed by atoms with Gasteiger partial charge in [-0.3, -0.25) is 29.3 Å². The fourth-order valence-corrected chi connectivity index (χ4v) is 6.86. The fraction of sp³-hybridized carbons (Fsp3) is 0.757. The van der Waals surface area contributed by atoms with Crippen LogP contribution in [-0.2, 0) is 25.7 Å². The molecule has 0 spiro atoms. The van der Waals surface area contributed by atoms with Crippen molar-refractivity contribution in [3.8, 4) is 0 Å². The molecule has 0 aromatic carbocycles. The third-order valence-electron chi connectivity index (χ3n) is 10.5. The van der Waals surface area contributed by atoms with Gasteiger partial charge in [-0.2, -0.15) is 0 Å². The highest BCUT2D eigenvalue weighted by Crippen LogP contribution is 2.34. The summed E-state index contributed by atoms with van der Waals surface area (Å²) < 4.78 is 1.60. The van der Waals surface area contributed by atoms with Crippen LogP contribution in [0, 0.1) is 29.1 Å². The molecule has 3 rings (SSSR count). The lowest BCUT2D eigenvalue weighted by molar-refractivity contribution is -0.143. The Morgan fingerprint density at radius 2 is 1.76 bits per heavy atom. The largest absolute Gasteiger partial charge is 0.376 e. The fourth-order valence-electron chi connectivity index (χ4n) is 6.86. The Bertz CT molecular complexity index is 1320. The lowest BCUT2D eigenvalue weighted by atomic mass is 9.81. The number of nitrogens with one attached hydrogen (secondary N) is 3. The molecule has 0 bridgehead atoms. The third-order valence-corrected chi connectivity index (χ3v) is 10.5. The van der Waals surface area contributed by atoms with Gasteiger partial charge >= 0.3 is 0 Å². The molecule has 12 nitrogen and oxygen atoms in total. The molecule has 3 amide bonds. The maximum absolute atomic E-state index is 14.3. The molecular weight excluding hydrogens is 624 g/mol. The summed E-state index contributed by atoms with van der Waals surface area (Å²) in [6.07, 6.45) is 7.78. The van der Waals surface area contributed by atoms with Gasteiger partial charge < -0.3 is 30.9 Å². The standard InChI is InChI=1S/C37H62N6O6/c1-23(2)26-19-29(35(48)40-27(32(46)34(38)47)16-9-8-13-25-14-12-15-25)43(21-26)36(49)33(37(5,6)7)41-30(44)20-39-28(24(3)4)22-42-18-11-10-17-31(42)45/h10-11,17-18,23-29,33,35,39-40,48H,8-9,12-16,19-22H2,1-7H3,(H2,38,47)(H,41,44)/t26-,27?,28-,29+,33-,35?/m1/s1. The number of Topliss-reactive ketones (excluding diaryl/α,β-unsaturated/α-hetero) is 1. The number of nitrogens with zero attached hydrogens (tertiary/aromatic N) is 2. The summed E-state index contributed by atoms with van der Waals surface area (Å²) in [7, 11) is 0. The van der Waals surface area contributed by atoms with E-state index < -0.39 is 41.5 Å². The number of primary amides is 1. The zero-order valence-electron chi connectivity index (χ0n) is 30.7. The van der Waals surface area contributed by atoms with Gasteiger partial charge in [-0.05, 0) is 48.0 Å². The maximum Gasteiger partial charge on any atom is 0.286 e. The molecule has 0 radical (unpaired) electrons. The van der Waals surface area contributed by atoms with Gasteiger partial charge in [0.15, 0.2) is 0 Å². The number of hydrogen-bond donors (Lipinski definition) is 5. The Labute approximate surface area is 292 Å². The predicted octanol–water partition coefficient (Wildman–Crippen LogP) is 2.56. The van der Waals surface area contributed by atoms with Crippen molar-refractivity contribution in [1.29, 1.82) is 0 Å². The van der Waals surface area contributed by atoms with Gasteiger partial charge in [-0.15, -0.1) is 0 Å². The van der Waals surface area contributed by atoms with Gasteiger partial charge in [-0.1, -0.05) is 93.1 Å². The normalized spacial score (nSPS) is 20.9. The van der Waals surface area contributed by atoms with Crippen LogP contribution in [0.3, 0.4) is 0 Å². The number of aliphatic hydroxyl groups excluding tert-OH is 1. The Morgan fingerprint density at radius 3 is 2.31 bits per heavy atom. The van der Waals surface area contributed by atoms with Crippen LogP contribution < -0.4 is 27.2 Å². The summed E-state index contributed by atoms with van der Waals surface area (Å²) >= 11 is 0. The molecule has 6 N–H and O–H groups in total. The van der Waals surface area contributed by atoms with Crippen LogP contribution in [0.2, 0.25) is 0 Å². The number of ketones is 1. The summed E-state index contributed by atoms with van der Waals surface area (Å²) in [5.74, 6) is -1.33. The average molecular weight is 687 g/mol. The van der Waals surface area contributed by atoms with Crippen LogP contribution in [0.25, 0.3) is 0 Å². The molecule has 1 saturated heterocycles. The van der Waals surface area contributed by atoms with Crippen LogP contribution >= 0.6 is 0 Å². The number of nitrogens with two attached hydrogens (primary N) is 1. The first-order valence-electron chi connectivity index (χ1n) is 18.3. The van der Waals surface area contributed by atoms with Crippen LogP contribution in [0.1, 0.15) is 99.8 Å². The second-order valence-corrected chi connectivity index (χ2v) is 16.1. The van der Waals surface area contributed by atoms with E-state index in [4.69, 9.17) is 5.73 Å². The van der Waals surface area contributed by atoms with E-state index in [1.807, 2.05) is 34.6 Å². The SMILES string of the molecule is CC(C)[C@@H]1C[C@@H](C(O)NC(CCCCC2CCC2)C(=O)C(N)=O)N(C(=O)[C@@H](NC(=O)CN[C@H](Cn2ccccc2=O)C(C)C)C(C)(C)C)C1. The second kappa shape index (κ2) is 18.2. The average Bonchev–Trinajstić information content (AvgIpc) is 3.46. The number of pyridine rings is 1. The van der Waals surface area contributed by atoms with E-state index in [0.717, 1.165) is 18.8 Å². The van der Waals surface area contributed by atoms with Gasteiger partial charge in [0.1, 0.15) is 12.3 Å². The van der Waals surface area contributed by atoms with Crippen molar-refractivity contribution in [3.05, 3.63) is 34.7 Å². The number of unbranched alkanes of at least 4 members (excludes halogenated alkanes) is 1. The van der Waals surface area contributed by atoms with E-state index in [0.29, 0.717) is 32.4 Å². The van der Waals surface area contributed by atoms with Crippen molar-refractivity contribution in [1.82, 2.24) is 25.4 Å². The second-order valence-electron chi connectivity index (χ2n) is 16.1. The Morgan fingerprint density at radius 1 is 1.06 bits per heavy atom. The van der Waals surface area contributed by atoms with Crippen LogP contribution in [0.5, 0.6) is 0 Å². The van der Waals surface area contributed by atoms with E-state index in [1.165, 1.54) is 25.3 Å². The number of carbonyl (C=O) groups excluding carboxylic acids is 4. The monoisotopic (exact) mass is 686 g/mol. The molecule has 2 unspecified atom stereocenters. The van der Waals surface area contributed by atoms with E-state index in [1.54, 1.807) is 27.8 Å². The van der Waals surface area contributed by atoms with E-state index in [-0.39, 0.29) is 47.7 Å². The lowest BCUT2D eigenvalue weighted by Gasteiger charge is -2.37. The number of hydrogen-bond acceptors (Lipinski definition) is 8. The Kier molecular flexibility index (Phi) is 15.0. The molecule has 12 heteroatoms. The molecule has 49 heavy (non-hydrogen) atoms. The minimum atomic E-state index is -1.28. The smallest absolute Gasteiger partial charge is 0.286 e. The summed E-state index contributed by atoms with van der Waals surface area (Å²) in [5.41, 5.74) is 4.61. The van der Waals surface area contributed by atoms with E-state index in [2.05, 4.69) is 29.8 Å². The summed E-state index contributed by atoms with van der Waals surface area (Å²) in [4.78, 5) is 66.4. The van der Waals surface area contributed by atoms with Crippen molar-refractivity contribution < 1.29 is 24.3 Å². The molecule has 6 atom stereocenters. The lowest BCUT2D eigenvalue weighted by Crippen LogP contribution is -2.61. The van der Waals surface area contributed by atoms with Crippen molar-refractivity contribution in [3.63, 3.8) is 0 Å². The maximum atomic E-state index is 14.3. The zero-order valence-corrected chi connectivity index (χ0v) is 30.7. The first kappa shape index (κ1) is 40.3. The molecular formula is C37H62N6O6. The Hall–Kier alpha value is -3.09. The molecule has 1 aromatic rings. The molecule has 1 aliphatic heterocycles. The molecule has 2 fully saturated rings. The highest BCUT2D eigenvalue weighted by Gasteiger charge is 2.46. The highest BCUT2D eigenvalue weighted by atomic mass is 16.3. The quantitative estimate of drug-likeness (QED) is 0.0838. The predicted molar refractivity (Wildman–Crippen MR) is 190 cm³/mol. The molecule has 1 aromatic heterocycles. The topological polar surface area (TPSA) is 176 Å². The third kappa shape index (κ3) is 11.7. The van der Waals surface area contributed by atoms with Crippen molar-refractivity contribution in [2.75, 3.05) is 13.1 Å². The van der Waals surface area contributed by atoms with Gasteiger partial charge in [0.05, 0.1) is 18.6 Å². The first-order valence-corrected chi connectivity index (χ1v) is 18.3. The number of aliphatic hydroxyl groups is 1. The van der Waals surface area contributed by atoms with E-state index in [9.17, 15) is 29.1 Å². The van der Waals surface area contributed by atoms with E-state index >= 15 is 0 Å². The minimum absolute atomic E-state index is 0.0514. The summed E-state index contributed by atoms with van der Waals surface area (Å²) in [6.45, 7) is 14.5. The van der Waals surface area contributed by atoms with Gasteiger partial charge in [0.2, 0.25) is 17.6 Å². The van der Waals surface area contributed by atoms with Gasteiger partial charge in [-0.25, -0.2) is 0 Å². The van der Waals surface area contributed by atoms with Crippen LogP contribution in [0.4, 0.5) is 0 Å². The molecule has 2 heterocycles. The van der Waals surface area contributed by atoms with Crippen LogP contribution in [0.15, 0.2) is 29.2 Å².